The Morgan fingerprint density at radius 2 is 1.82 bits per heavy atom. The van der Waals surface area contributed by atoms with Gasteiger partial charge >= 0.3 is 0 Å². The Kier molecular flexibility index (Phi) is 11.4. The summed E-state index contributed by atoms with van der Waals surface area (Å²) in [6, 6.07) is 16.1. The molecule has 3 aromatic rings. The number of rotatable bonds is 14. The number of benzene rings is 2. The summed E-state index contributed by atoms with van der Waals surface area (Å²) in [5.41, 5.74) is 8.11. The topological polar surface area (TPSA) is 128 Å². The van der Waals surface area contributed by atoms with Gasteiger partial charge in [-0.2, -0.15) is 0 Å². The van der Waals surface area contributed by atoms with Crippen LogP contribution in [0.25, 0.3) is 0 Å². The minimum atomic E-state index is -0.341. The normalized spacial score (nSPS) is 10.6. The molecule has 0 saturated carbocycles. The number of hydrogen-bond acceptors (Lipinski definition) is 7. The standard InChI is InChI=1S/C28H36ClN7O2/c1-36(2)27(31)20-7-10-22(11-8-20)34-25-13-12-23(38-19-32-16-6-4-3-5-15-30)17-24(25)28(37)35-26-14-9-21(29)18-33-26/h7-14,17-18,31-32,34H,3-6,15-16,19,30H2,1-2H3,(H,33,35,37). The molecular weight excluding hydrogens is 502 g/mol. The van der Waals surface area contributed by atoms with E-state index in [2.05, 4.69) is 20.9 Å². The minimum Gasteiger partial charge on any atom is -0.478 e. The number of amides is 1. The zero-order valence-corrected chi connectivity index (χ0v) is 22.6. The molecule has 0 aliphatic heterocycles. The van der Waals surface area contributed by atoms with E-state index in [4.69, 9.17) is 27.5 Å². The molecule has 3 rings (SSSR count). The number of aromatic nitrogens is 1. The zero-order valence-electron chi connectivity index (χ0n) is 21.9. The number of anilines is 3. The molecule has 0 bridgehead atoms. The summed E-state index contributed by atoms with van der Waals surface area (Å²) in [4.78, 5) is 19.1. The van der Waals surface area contributed by atoms with Crippen molar-refractivity contribution in [2.75, 3.05) is 44.5 Å². The van der Waals surface area contributed by atoms with Gasteiger partial charge in [-0.25, -0.2) is 4.98 Å². The SMILES string of the molecule is CN(C)C(=N)c1ccc(Nc2ccc(OCNCCCCCCN)cc2C(=O)Nc2ccc(Cl)cn2)cc1. The van der Waals surface area contributed by atoms with Gasteiger partial charge in [0, 0.05) is 31.5 Å². The van der Waals surface area contributed by atoms with Gasteiger partial charge in [0.05, 0.1) is 16.3 Å². The Labute approximate surface area is 229 Å². The van der Waals surface area contributed by atoms with E-state index in [-0.39, 0.29) is 5.91 Å². The van der Waals surface area contributed by atoms with Crippen LogP contribution in [-0.4, -0.2) is 55.5 Å². The Hall–Kier alpha value is -3.66. The summed E-state index contributed by atoms with van der Waals surface area (Å²) in [6.45, 7) is 1.92. The Balaban J connectivity index is 1.71. The van der Waals surface area contributed by atoms with E-state index in [1.54, 1.807) is 23.1 Å². The van der Waals surface area contributed by atoms with Crippen LogP contribution in [0.2, 0.25) is 5.02 Å². The summed E-state index contributed by atoms with van der Waals surface area (Å²) in [5.74, 6) is 1.03. The van der Waals surface area contributed by atoms with Crippen LogP contribution in [0.4, 0.5) is 17.2 Å². The van der Waals surface area contributed by atoms with Crippen LogP contribution < -0.4 is 26.4 Å². The fourth-order valence-corrected chi connectivity index (χ4v) is 3.73. The number of amidine groups is 1. The molecule has 0 fully saturated rings. The highest BCUT2D eigenvalue weighted by molar-refractivity contribution is 6.30. The number of ether oxygens (including phenoxy) is 1. The first-order valence-corrected chi connectivity index (χ1v) is 13.0. The lowest BCUT2D eigenvalue weighted by Gasteiger charge is -2.16. The number of halogens is 1. The maximum Gasteiger partial charge on any atom is 0.259 e. The number of nitrogens with two attached hydrogens (primary N) is 1. The third-order valence-electron chi connectivity index (χ3n) is 5.74. The van der Waals surface area contributed by atoms with Gasteiger partial charge in [0.15, 0.2) is 0 Å². The summed E-state index contributed by atoms with van der Waals surface area (Å²) in [7, 11) is 3.66. The largest absolute Gasteiger partial charge is 0.478 e. The molecule has 0 atom stereocenters. The Morgan fingerprint density at radius 1 is 1.05 bits per heavy atom. The molecule has 9 nitrogen and oxygen atoms in total. The van der Waals surface area contributed by atoms with Crippen LogP contribution in [0.5, 0.6) is 5.75 Å². The van der Waals surface area contributed by atoms with Crippen LogP contribution in [0.1, 0.15) is 41.6 Å². The summed E-state index contributed by atoms with van der Waals surface area (Å²) in [5, 5.41) is 18.0. The fraction of sp³-hybridized carbons (Fsp3) is 0.321. The highest BCUT2D eigenvalue weighted by Crippen LogP contribution is 2.27. The van der Waals surface area contributed by atoms with Crippen LogP contribution in [0, 0.1) is 5.41 Å². The minimum absolute atomic E-state index is 0.336. The van der Waals surface area contributed by atoms with E-state index in [1.807, 2.05) is 50.5 Å². The maximum atomic E-state index is 13.2. The van der Waals surface area contributed by atoms with E-state index in [0.717, 1.165) is 50.0 Å². The zero-order chi connectivity index (χ0) is 27.3. The molecule has 0 radical (unpaired) electrons. The van der Waals surface area contributed by atoms with Crippen LogP contribution in [0.3, 0.4) is 0 Å². The maximum absolute atomic E-state index is 13.2. The molecular formula is C28H36ClN7O2. The van der Waals surface area contributed by atoms with Crippen molar-refractivity contribution in [2.45, 2.75) is 25.7 Å². The van der Waals surface area contributed by atoms with Crippen molar-refractivity contribution >= 4 is 40.5 Å². The third-order valence-corrected chi connectivity index (χ3v) is 5.96. The van der Waals surface area contributed by atoms with Crippen LogP contribution >= 0.6 is 11.6 Å². The molecule has 38 heavy (non-hydrogen) atoms. The molecule has 0 unspecified atom stereocenters. The van der Waals surface area contributed by atoms with Gasteiger partial charge in [-0.1, -0.05) is 24.4 Å². The van der Waals surface area contributed by atoms with Gasteiger partial charge in [-0.3, -0.25) is 15.5 Å². The second kappa shape index (κ2) is 14.9. The van der Waals surface area contributed by atoms with Crippen molar-refractivity contribution in [3.63, 3.8) is 0 Å². The fourth-order valence-electron chi connectivity index (χ4n) is 3.62. The average Bonchev–Trinajstić information content (AvgIpc) is 2.92. The molecule has 0 aliphatic carbocycles. The number of carbonyl (C=O) groups excluding carboxylic acids is 1. The van der Waals surface area contributed by atoms with Crippen molar-refractivity contribution in [1.82, 2.24) is 15.2 Å². The Bertz CT molecular complexity index is 1180. The first-order valence-electron chi connectivity index (χ1n) is 12.6. The number of unbranched alkanes of at least 4 members (excludes halogenated alkanes) is 3. The van der Waals surface area contributed by atoms with Crippen molar-refractivity contribution < 1.29 is 9.53 Å². The lowest BCUT2D eigenvalue weighted by molar-refractivity contribution is 0.102. The molecule has 1 aromatic heterocycles. The van der Waals surface area contributed by atoms with E-state index in [0.29, 0.717) is 40.4 Å². The molecule has 10 heteroatoms. The molecule has 0 saturated heterocycles. The number of hydrogen-bond donors (Lipinski definition) is 5. The molecule has 202 valence electrons. The van der Waals surface area contributed by atoms with Crippen LogP contribution in [-0.2, 0) is 0 Å². The number of pyridine rings is 1. The molecule has 0 spiro atoms. The molecule has 0 aliphatic rings. The smallest absolute Gasteiger partial charge is 0.259 e. The molecule has 1 heterocycles. The first kappa shape index (κ1) is 28.9. The molecule has 1 amide bonds. The van der Waals surface area contributed by atoms with Gasteiger partial charge in [0.1, 0.15) is 24.1 Å². The molecule has 2 aromatic carbocycles. The van der Waals surface area contributed by atoms with Crippen molar-refractivity contribution in [3.05, 3.63) is 76.9 Å². The van der Waals surface area contributed by atoms with E-state index >= 15 is 0 Å². The summed E-state index contributed by atoms with van der Waals surface area (Å²) < 4.78 is 5.86. The summed E-state index contributed by atoms with van der Waals surface area (Å²) in [6.07, 6.45) is 5.85. The summed E-state index contributed by atoms with van der Waals surface area (Å²) >= 11 is 5.92. The second-order valence-corrected chi connectivity index (χ2v) is 9.40. The lowest BCUT2D eigenvalue weighted by atomic mass is 10.1. The quantitative estimate of drug-likeness (QED) is 0.0840. The van der Waals surface area contributed by atoms with E-state index in [1.165, 1.54) is 6.20 Å². The lowest BCUT2D eigenvalue weighted by Crippen LogP contribution is -2.21. The Morgan fingerprint density at radius 3 is 2.50 bits per heavy atom. The third kappa shape index (κ3) is 9.02. The predicted molar refractivity (Wildman–Crippen MR) is 155 cm³/mol. The van der Waals surface area contributed by atoms with Gasteiger partial charge < -0.3 is 26.0 Å². The number of carbonyl (C=O) groups is 1. The monoisotopic (exact) mass is 537 g/mol. The van der Waals surface area contributed by atoms with E-state index in [9.17, 15) is 4.79 Å². The number of nitrogens with one attached hydrogen (secondary N) is 4. The molecule has 6 N–H and O–H groups in total. The predicted octanol–water partition coefficient (Wildman–Crippen LogP) is 5.06. The van der Waals surface area contributed by atoms with Gasteiger partial charge in [-0.05, 0) is 80.5 Å². The highest BCUT2D eigenvalue weighted by atomic mass is 35.5. The van der Waals surface area contributed by atoms with Gasteiger partial charge in [0.2, 0.25) is 0 Å². The van der Waals surface area contributed by atoms with E-state index < -0.39 is 0 Å². The van der Waals surface area contributed by atoms with Crippen molar-refractivity contribution in [3.8, 4) is 5.75 Å². The van der Waals surface area contributed by atoms with Crippen LogP contribution in [0.15, 0.2) is 60.8 Å². The highest BCUT2D eigenvalue weighted by Gasteiger charge is 2.15. The number of nitrogens with zero attached hydrogens (tertiary/aromatic N) is 2. The first-order chi connectivity index (χ1) is 18.4. The van der Waals surface area contributed by atoms with Gasteiger partial charge in [0.25, 0.3) is 5.91 Å². The average molecular weight is 538 g/mol. The van der Waals surface area contributed by atoms with Crippen molar-refractivity contribution in [2.24, 2.45) is 5.73 Å². The van der Waals surface area contributed by atoms with Gasteiger partial charge in [-0.15, -0.1) is 0 Å². The van der Waals surface area contributed by atoms with Crippen molar-refractivity contribution in [1.29, 1.82) is 5.41 Å². The second-order valence-electron chi connectivity index (χ2n) is 8.96.